The fraction of sp³-hybridized carbons (Fsp3) is 0.333. The zero-order chi connectivity index (χ0) is 14.8. The minimum absolute atomic E-state index is 0.0768. The highest BCUT2D eigenvalue weighted by Crippen LogP contribution is 2.28. The van der Waals surface area contributed by atoms with Gasteiger partial charge < -0.3 is 10.6 Å². The van der Waals surface area contributed by atoms with E-state index in [2.05, 4.69) is 15.6 Å². The molecule has 2 heterocycles. The summed E-state index contributed by atoms with van der Waals surface area (Å²) in [6, 6.07) is 6.34. The summed E-state index contributed by atoms with van der Waals surface area (Å²) in [4.78, 5) is 17.3. The molecule has 21 heavy (non-hydrogen) atoms. The largest absolute Gasteiger partial charge is 0.347 e. The maximum Gasteiger partial charge on any atom is 0.263 e. The molecule has 1 aromatic heterocycles. The van der Waals surface area contributed by atoms with Gasteiger partial charge in [-0.3, -0.25) is 4.79 Å². The number of halogens is 1. The van der Waals surface area contributed by atoms with Gasteiger partial charge in [-0.15, -0.1) is 11.3 Å². The summed E-state index contributed by atoms with van der Waals surface area (Å²) in [7, 11) is 0. The first-order chi connectivity index (χ1) is 10.1. The maximum absolute atomic E-state index is 13.0. The highest BCUT2D eigenvalue weighted by Gasteiger charge is 2.21. The van der Waals surface area contributed by atoms with Crippen LogP contribution in [0, 0.1) is 12.7 Å². The molecule has 110 valence electrons. The summed E-state index contributed by atoms with van der Waals surface area (Å²) in [5.41, 5.74) is 1.54. The fourth-order valence-corrected chi connectivity index (χ4v) is 3.33. The van der Waals surface area contributed by atoms with E-state index in [0.29, 0.717) is 10.6 Å². The number of hydrogen-bond donors (Lipinski definition) is 2. The van der Waals surface area contributed by atoms with Crippen molar-refractivity contribution in [1.29, 1.82) is 0 Å². The Morgan fingerprint density at radius 2 is 2.19 bits per heavy atom. The van der Waals surface area contributed by atoms with E-state index in [9.17, 15) is 9.18 Å². The van der Waals surface area contributed by atoms with E-state index in [1.807, 2.05) is 6.92 Å². The lowest BCUT2D eigenvalue weighted by molar-refractivity contribution is 0.0943. The molecule has 1 aromatic carbocycles. The number of nitrogens with zero attached hydrogens (tertiary/aromatic N) is 1. The average molecular weight is 305 g/mol. The van der Waals surface area contributed by atoms with E-state index < -0.39 is 0 Å². The van der Waals surface area contributed by atoms with E-state index in [-0.39, 0.29) is 17.8 Å². The van der Waals surface area contributed by atoms with Crippen LogP contribution < -0.4 is 10.6 Å². The minimum atomic E-state index is -0.279. The SMILES string of the molecule is Cc1nc(-c2ccc(F)cc2)sc1C(=O)NC1CCNC1. The molecule has 1 fully saturated rings. The van der Waals surface area contributed by atoms with Gasteiger partial charge in [0.1, 0.15) is 15.7 Å². The molecule has 4 nitrogen and oxygen atoms in total. The quantitative estimate of drug-likeness (QED) is 0.915. The molecule has 6 heteroatoms. The molecular weight excluding hydrogens is 289 g/mol. The number of amides is 1. The molecule has 2 N–H and O–H groups in total. The lowest BCUT2D eigenvalue weighted by atomic mass is 10.2. The number of benzene rings is 1. The first-order valence-corrected chi connectivity index (χ1v) is 7.70. The molecule has 0 spiro atoms. The third-order valence-electron chi connectivity index (χ3n) is 3.49. The Balaban J connectivity index is 1.80. The summed E-state index contributed by atoms with van der Waals surface area (Å²) in [6.45, 7) is 3.58. The monoisotopic (exact) mass is 305 g/mol. The third kappa shape index (κ3) is 3.11. The van der Waals surface area contributed by atoms with Gasteiger partial charge in [-0.2, -0.15) is 0 Å². The molecule has 1 unspecified atom stereocenters. The number of nitrogens with one attached hydrogen (secondary N) is 2. The second kappa shape index (κ2) is 5.91. The van der Waals surface area contributed by atoms with Crippen LogP contribution in [0.3, 0.4) is 0 Å². The van der Waals surface area contributed by atoms with Crippen molar-refractivity contribution in [2.24, 2.45) is 0 Å². The van der Waals surface area contributed by atoms with Gasteiger partial charge in [0, 0.05) is 18.2 Å². The molecule has 1 aliphatic heterocycles. The van der Waals surface area contributed by atoms with E-state index in [0.717, 1.165) is 30.1 Å². The first-order valence-electron chi connectivity index (χ1n) is 6.88. The van der Waals surface area contributed by atoms with Gasteiger partial charge in [0.15, 0.2) is 0 Å². The molecule has 2 aromatic rings. The lowest BCUT2D eigenvalue weighted by Gasteiger charge is -2.09. The average Bonchev–Trinajstić information content (AvgIpc) is 3.09. The van der Waals surface area contributed by atoms with Crippen molar-refractivity contribution in [3.63, 3.8) is 0 Å². The molecular formula is C15H16FN3OS. The molecule has 0 radical (unpaired) electrons. The predicted octanol–water partition coefficient (Wildman–Crippen LogP) is 2.35. The van der Waals surface area contributed by atoms with Gasteiger partial charge >= 0.3 is 0 Å². The summed E-state index contributed by atoms with van der Waals surface area (Å²) in [6.07, 6.45) is 0.953. The molecule has 0 bridgehead atoms. The number of rotatable bonds is 3. The Bertz CT molecular complexity index is 647. The molecule has 3 rings (SSSR count). The highest BCUT2D eigenvalue weighted by molar-refractivity contribution is 7.17. The molecule has 1 aliphatic rings. The van der Waals surface area contributed by atoms with Crippen molar-refractivity contribution in [1.82, 2.24) is 15.6 Å². The van der Waals surface area contributed by atoms with E-state index in [4.69, 9.17) is 0 Å². The Labute approximate surface area is 126 Å². The van der Waals surface area contributed by atoms with Crippen LogP contribution in [0.5, 0.6) is 0 Å². The van der Waals surface area contributed by atoms with Gasteiger partial charge in [-0.05, 0) is 44.2 Å². The molecule has 1 atom stereocenters. The van der Waals surface area contributed by atoms with Crippen molar-refractivity contribution in [3.8, 4) is 10.6 Å². The summed E-state index contributed by atoms with van der Waals surface area (Å²) >= 11 is 1.34. The van der Waals surface area contributed by atoms with Gasteiger partial charge in [0.05, 0.1) is 5.69 Å². The Kier molecular flexibility index (Phi) is 3.98. The van der Waals surface area contributed by atoms with Crippen molar-refractivity contribution in [2.75, 3.05) is 13.1 Å². The molecule has 0 saturated carbocycles. The van der Waals surface area contributed by atoms with Crippen LogP contribution in [-0.2, 0) is 0 Å². The minimum Gasteiger partial charge on any atom is -0.347 e. The van der Waals surface area contributed by atoms with Crippen molar-refractivity contribution >= 4 is 17.2 Å². The first kappa shape index (κ1) is 14.2. The lowest BCUT2D eigenvalue weighted by Crippen LogP contribution is -2.36. The number of thiazole rings is 1. The number of aryl methyl sites for hydroxylation is 1. The Morgan fingerprint density at radius 3 is 2.86 bits per heavy atom. The predicted molar refractivity (Wildman–Crippen MR) is 81.0 cm³/mol. The van der Waals surface area contributed by atoms with Crippen LogP contribution >= 0.6 is 11.3 Å². The summed E-state index contributed by atoms with van der Waals surface area (Å²) < 4.78 is 13.0. The number of aromatic nitrogens is 1. The zero-order valence-corrected chi connectivity index (χ0v) is 12.5. The Morgan fingerprint density at radius 1 is 1.43 bits per heavy atom. The van der Waals surface area contributed by atoms with Crippen LogP contribution in [0.15, 0.2) is 24.3 Å². The number of hydrogen-bond acceptors (Lipinski definition) is 4. The molecule has 1 saturated heterocycles. The third-order valence-corrected chi connectivity index (χ3v) is 4.69. The number of carbonyl (C=O) groups excluding carboxylic acids is 1. The molecule has 1 amide bonds. The van der Waals surface area contributed by atoms with Crippen LogP contribution in [0.25, 0.3) is 10.6 Å². The molecule has 0 aliphatic carbocycles. The topological polar surface area (TPSA) is 54.0 Å². The second-order valence-electron chi connectivity index (χ2n) is 5.10. The van der Waals surface area contributed by atoms with Gasteiger partial charge in [0.25, 0.3) is 5.91 Å². The van der Waals surface area contributed by atoms with Gasteiger partial charge in [-0.25, -0.2) is 9.37 Å². The van der Waals surface area contributed by atoms with Gasteiger partial charge in [-0.1, -0.05) is 0 Å². The van der Waals surface area contributed by atoms with Crippen molar-refractivity contribution < 1.29 is 9.18 Å². The fourth-order valence-electron chi connectivity index (χ4n) is 2.35. The standard InChI is InChI=1S/C15H16FN3OS/c1-9-13(14(20)19-12-6-7-17-8-12)21-15(18-9)10-2-4-11(16)5-3-10/h2-5,12,17H,6-8H2,1H3,(H,19,20). The van der Waals surface area contributed by atoms with Crippen LogP contribution in [0.4, 0.5) is 4.39 Å². The van der Waals surface area contributed by atoms with Gasteiger partial charge in [0.2, 0.25) is 0 Å². The summed E-state index contributed by atoms with van der Waals surface area (Å²) in [5, 5.41) is 6.97. The Hall–Kier alpha value is -1.79. The van der Waals surface area contributed by atoms with Crippen molar-refractivity contribution in [2.45, 2.75) is 19.4 Å². The zero-order valence-electron chi connectivity index (χ0n) is 11.6. The normalized spacial score (nSPS) is 17.9. The van der Waals surface area contributed by atoms with E-state index in [1.165, 1.54) is 23.5 Å². The maximum atomic E-state index is 13.0. The van der Waals surface area contributed by atoms with E-state index >= 15 is 0 Å². The summed E-state index contributed by atoms with van der Waals surface area (Å²) in [5.74, 6) is -0.356. The second-order valence-corrected chi connectivity index (χ2v) is 6.10. The highest BCUT2D eigenvalue weighted by atomic mass is 32.1. The van der Waals surface area contributed by atoms with Crippen LogP contribution in [0.2, 0.25) is 0 Å². The van der Waals surface area contributed by atoms with E-state index in [1.54, 1.807) is 12.1 Å². The van der Waals surface area contributed by atoms with Crippen LogP contribution in [0.1, 0.15) is 21.8 Å². The smallest absolute Gasteiger partial charge is 0.263 e. The number of carbonyl (C=O) groups is 1. The van der Waals surface area contributed by atoms with Crippen molar-refractivity contribution in [3.05, 3.63) is 40.7 Å². The van der Waals surface area contributed by atoms with Crippen LogP contribution in [-0.4, -0.2) is 30.0 Å².